The van der Waals surface area contributed by atoms with E-state index in [1.807, 2.05) is 49.4 Å². The number of hydrogen-bond donors (Lipinski definition) is 1. The van der Waals surface area contributed by atoms with Crippen molar-refractivity contribution in [1.29, 1.82) is 0 Å². The van der Waals surface area contributed by atoms with E-state index in [0.29, 0.717) is 12.1 Å². The van der Waals surface area contributed by atoms with Crippen molar-refractivity contribution in [3.8, 4) is 0 Å². The van der Waals surface area contributed by atoms with E-state index in [4.69, 9.17) is 5.73 Å². The Balaban J connectivity index is 1.99. The third-order valence-corrected chi connectivity index (χ3v) is 4.70. The van der Waals surface area contributed by atoms with Gasteiger partial charge in [0.1, 0.15) is 0 Å². The SMILES string of the molecule is Cc1ccc(C(=O)N2CC(N)Cc3ccccc32)cc1Br. The molecule has 1 aliphatic rings. The van der Waals surface area contributed by atoms with Crippen molar-refractivity contribution in [1.82, 2.24) is 0 Å². The van der Waals surface area contributed by atoms with Crippen LogP contribution in [-0.2, 0) is 6.42 Å². The molecule has 1 unspecified atom stereocenters. The lowest BCUT2D eigenvalue weighted by Crippen LogP contribution is -2.46. The number of amides is 1. The van der Waals surface area contributed by atoms with E-state index in [2.05, 4.69) is 15.9 Å². The molecule has 108 valence electrons. The normalized spacial score (nSPS) is 17.5. The minimum absolute atomic E-state index is 0.00157. The van der Waals surface area contributed by atoms with Crippen LogP contribution < -0.4 is 10.6 Å². The lowest BCUT2D eigenvalue weighted by atomic mass is 9.97. The van der Waals surface area contributed by atoms with Gasteiger partial charge in [0, 0.05) is 28.3 Å². The lowest BCUT2D eigenvalue weighted by Gasteiger charge is -2.33. The summed E-state index contributed by atoms with van der Waals surface area (Å²) in [4.78, 5) is 14.6. The second-order valence-electron chi connectivity index (χ2n) is 5.47. The Morgan fingerprint density at radius 1 is 1.29 bits per heavy atom. The molecule has 0 bridgehead atoms. The molecule has 3 nitrogen and oxygen atoms in total. The average Bonchev–Trinajstić information content (AvgIpc) is 2.48. The molecule has 1 heterocycles. The van der Waals surface area contributed by atoms with Crippen LogP contribution in [0.15, 0.2) is 46.9 Å². The predicted molar refractivity (Wildman–Crippen MR) is 88.7 cm³/mol. The number of rotatable bonds is 1. The highest BCUT2D eigenvalue weighted by molar-refractivity contribution is 9.10. The minimum Gasteiger partial charge on any atom is -0.326 e. The number of anilines is 1. The third kappa shape index (κ3) is 2.74. The van der Waals surface area contributed by atoms with Gasteiger partial charge in [-0.05, 0) is 42.7 Å². The number of nitrogens with zero attached hydrogens (tertiary/aromatic N) is 1. The molecule has 0 spiro atoms. The van der Waals surface area contributed by atoms with Gasteiger partial charge in [-0.25, -0.2) is 0 Å². The molecule has 21 heavy (non-hydrogen) atoms. The zero-order chi connectivity index (χ0) is 15.0. The number of carbonyl (C=O) groups excluding carboxylic acids is 1. The van der Waals surface area contributed by atoms with Crippen molar-refractivity contribution in [3.63, 3.8) is 0 Å². The van der Waals surface area contributed by atoms with Crippen molar-refractivity contribution < 1.29 is 4.79 Å². The van der Waals surface area contributed by atoms with Crippen molar-refractivity contribution in [2.45, 2.75) is 19.4 Å². The van der Waals surface area contributed by atoms with Crippen molar-refractivity contribution in [3.05, 3.63) is 63.6 Å². The average molecular weight is 345 g/mol. The van der Waals surface area contributed by atoms with Crippen LogP contribution in [0.4, 0.5) is 5.69 Å². The molecule has 2 aromatic rings. The number of hydrogen-bond acceptors (Lipinski definition) is 2. The minimum atomic E-state index is -0.0160. The fourth-order valence-electron chi connectivity index (χ4n) is 2.70. The van der Waals surface area contributed by atoms with Gasteiger partial charge >= 0.3 is 0 Å². The zero-order valence-corrected chi connectivity index (χ0v) is 13.4. The summed E-state index contributed by atoms with van der Waals surface area (Å²) in [6.07, 6.45) is 0.817. The van der Waals surface area contributed by atoms with Crippen LogP contribution >= 0.6 is 15.9 Å². The van der Waals surface area contributed by atoms with E-state index in [-0.39, 0.29) is 11.9 Å². The Kier molecular flexibility index (Phi) is 3.83. The van der Waals surface area contributed by atoms with Gasteiger partial charge in [0.05, 0.1) is 0 Å². The van der Waals surface area contributed by atoms with Crippen LogP contribution in [0.5, 0.6) is 0 Å². The Morgan fingerprint density at radius 2 is 2.05 bits per heavy atom. The van der Waals surface area contributed by atoms with Crippen molar-refractivity contribution in [2.75, 3.05) is 11.4 Å². The summed E-state index contributed by atoms with van der Waals surface area (Å²) in [7, 11) is 0. The van der Waals surface area contributed by atoms with Gasteiger partial charge in [0.25, 0.3) is 5.91 Å². The molecule has 1 amide bonds. The maximum atomic E-state index is 12.8. The van der Waals surface area contributed by atoms with Gasteiger partial charge in [-0.1, -0.05) is 40.2 Å². The summed E-state index contributed by atoms with van der Waals surface area (Å²) >= 11 is 3.49. The summed E-state index contributed by atoms with van der Waals surface area (Å²) < 4.78 is 0.947. The summed E-state index contributed by atoms with van der Waals surface area (Å²) in [5.41, 5.74) is 10.0. The number of benzene rings is 2. The number of fused-ring (bicyclic) bond motifs is 1. The first-order valence-corrected chi connectivity index (χ1v) is 7.77. The molecule has 4 heteroatoms. The van der Waals surface area contributed by atoms with E-state index >= 15 is 0 Å². The predicted octanol–water partition coefficient (Wildman–Crippen LogP) is 3.29. The van der Waals surface area contributed by atoms with Gasteiger partial charge in [-0.3, -0.25) is 4.79 Å². The number of halogens is 1. The molecule has 1 atom stereocenters. The fourth-order valence-corrected chi connectivity index (χ4v) is 3.08. The van der Waals surface area contributed by atoms with E-state index in [9.17, 15) is 4.79 Å². The number of nitrogens with two attached hydrogens (primary N) is 1. The first-order chi connectivity index (χ1) is 10.1. The molecule has 2 N–H and O–H groups in total. The summed E-state index contributed by atoms with van der Waals surface area (Å²) in [6, 6.07) is 13.7. The highest BCUT2D eigenvalue weighted by Crippen LogP contribution is 2.28. The van der Waals surface area contributed by atoms with Crippen LogP contribution in [0.3, 0.4) is 0 Å². The smallest absolute Gasteiger partial charge is 0.258 e. The van der Waals surface area contributed by atoms with Gasteiger partial charge in [0.15, 0.2) is 0 Å². The first-order valence-electron chi connectivity index (χ1n) is 6.98. The molecular weight excluding hydrogens is 328 g/mol. The number of aryl methyl sites for hydroxylation is 1. The molecule has 0 radical (unpaired) electrons. The fraction of sp³-hybridized carbons (Fsp3) is 0.235. The third-order valence-electron chi connectivity index (χ3n) is 3.85. The van der Waals surface area contributed by atoms with E-state index in [1.165, 1.54) is 0 Å². The van der Waals surface area contributed by atoms with Gasteiger partial charge < -0.3 is 10.6 Å². The maximum Gasteiger partial charge on any atom is 0.258 e. The molecule has 1 aliphatic heterocycles. The summed E-state index contributed by atoms with van der Waals surface area (Å²) in [5.74, 6) is -0.00157. The van der Waals surface area contributed by atoms with Crippen LogP contribution in [0.1, 0.15) is 21.5 Å². The molecule has 0 saturated carbocycles. The van der Waals surface area contributed by atoms with Crippen LogP contribution in [-0.4, -0.2) is 18.5 Å². The molecular formula is C17H17BrN2O. The Hall–Kier alpha value is -1.65. The Labute approximate surface area is 132 Å². The van der Waals surface area contributed by atoms with Gasteiger partial charge in [0.2, 0.25) is 0 Å². The monoisotopic (exact) mass is 344 g/mol. The largest absolute Gasteiger partial charge is 0.326 e. The van der Waals surface area contributed by atoms with Gasteiger partial charge in [-0.2, -0.15) is 0 Å². The Bertz CT molecular complexity index is 699. The number of para-hydroxylation sites is 1. The molecule has 0 aromatic heterocycles. The zero-order valence-electron chi connectivity index (χ0n) is 11.8. The molecule has 0 saturated heterocycles. The Morgan fingerprint density at radius 3 is 2.81 bits per heavy atom. The van der Waals surface area contributed by atoms with E-state index in [1.54, 1.807) is 4.90 Å². The van der Waals surface area contributed by atoms with E-state index < -0.39 is 0 Å². The lowest BCUT2D eigenvalue weighted by molar-refractivity contribution is 0.0983. The molecule has 0 aliphatic carbocycles. The van der Waals surface area contributed by atoms with Crippen molar-refractivity contribution in [2.24, 2.45) is 5.73 Å². The summed E-state index contributed by atoms with van der Waals surface area (Å²) in [6.45, 7) is 2.56. The van der Waals surface area contributed by atoms with Crippen LogP contribution in [0, 0.1) is 6.92 Å². The maximum absolute atomic E-state index is 12.8. The highest BCUT2D eigenvalue weighted by atomic mass is 79.9. The second kappa shape index (κ2) is 5.62. The van der Waals surface area contributed by atoms with Crippen molar-refractivity contribution >= 4 is 27.5 Å². The van der Waals surface area contributed by atoms with Crippen LogP contribution in [0.25, 0.3) is 0 Å². The molecule has 3 rings (SSSR count). The highest BCUT2D eigenvalue weighted by Gasteiger charge is 2.27. The quantitative estimate of drug-likeness (QED) is 0.862. The molecule has 0 fully saturated rings. The first kappa shape index (κ1) is 14.3. The number of carbonyl (C=O) groups is 1. The molecule has 2 aromatic carbocycles. The standard InChI is InChI=1S/C17H17BrN2O/c1-11-6-7-13(9-15(11)18)17(21)20-10-14(19)8-12-4-2-3-5-16(12)20/h2-7,9,14H,8,10,19H2,1H3. The van der Waals surface area contributed by atoms with E-state index in [0.717, 1.165) is 27.7 Å². The topological polar surface area (TPSA) is 46.3 Å². The van der Waals surface area contributed by atoms with Crippen LogP contribution in [0.2, 0.25) is 0 Å². The second-order valence-corrected chi connectivity index (χ2v) is 6.33. The van der Waals surface area contributed by atoms with Gasteiger partial charge in [-0.15, -0.1) is 0 Å². The summed E-state index contributed by atoms with van der Waals surface area (Å²) in [5, 5.41) is 0.